The van der Waals surface area contributed by atoms with E-state index in [0.29, 0.717) is 6.54 Å². The van der Waals surface area contributed by atoms with E-state index >= 15 is 0 Å². The molecule has 76 valence electrons. The zero-order valence-corrected chi connectivity index (χ0v) is 8.53. The molecule has 1 fully saturated rings. The van der Waals surface area contributed by atoms with Gasteiger partial charge in [0.05, 0.1) is 6.10 Å². The molecule has 0 amide bonds. The van der Waals surface area contributed by atoms with Crippen LogP contribution in [0.2, 0.25) is 0 Å². The summed E-state index contributed by atoms with van der Waals surface area (Å²) in [5.74, 6) is 0. The van der Waals surface area contributed by atoms with Gasteiger partial charge in [-0.05, 0) is 30.9 Å². The van der Waals surface area contributed by atoms with E-state index in [1.54, 1.807) is 0 Å². The highest BCUT2D eigenvalue weighted by Gasteiger charge is 2.44. The molecule has 1 aliphatic rings. The molecule has 0 aromatic heterocycles. The molecule has 0 spiro atoms. The Kier molecular flexibility index (Phi) is 2.33. The van der Waals surface area contributed by atoms with Crippen LogP contribution in [0.3, 0.4) is 0 Å². The fraction of sp³-hybridized carbons (Fsp3) is 0.500. The number of aliphatic hydroxyl groups excluding tert-OH is 1. The van der Waals surface area contributed by atoms with Crippen molar-refractivity contribution in [3.05, 3.63) is 35.4 Å². The van der Waals surface area contributed by atoms with Crippen molar-refractivity contribution in [3.8, 4) is 0 Å². The number of hydrogen-bond acceptors (Lipinski definition) is 2. The van der Waals surface area contributed by atoms with E-state index in [0.717, 1.165) is 12.8 Å². The average molecular weight is 191 g/mol. The highest BCUT2D eigenvalue weighted by atomic mass is 16.3. The molecule has 2 rings (SSSR count). The smallest absolute Gasteiger partial charge is 0.0558 e. The minimum absolute atomic E-state index is 0.0464. The molecule has 0 bridgehead atoms. The maximum atomic E-state index is 9.41. The summed E-state index contributed by atoms with van der Waals surface area (Å²) < 4.78 is 0. The molecule has 0 atom stereocenters. The summed E-state index contributed by atoms with van der Waals surface area (Å²) >= 11 is 0. The van der Waals surface area contributed by atoms with Crippen LogP contribution < -0.4 is 5.73 Å². The summed E-state index contributed by atoms with van der Waals surface area (Å²) in [6.07, 6.45) is 1.47. The van der Waals surface area contributed by atoms with Crippen molar-refractivity contribution < 1.29 is 5.11 Å². The summed E-state index contributed by atoms with van der Waals surface area (Å²) in [4.78, 5) is 0. The minimum Gasteiger partial charge on any atom is -0.393 e. The van der Waals surface area contributed by atoms with Crippen LogP contribution in [-0.4, -0.2) is 17.8 Å². The Bertz CT molecular complexity index is 329. The topological polar surface area (TPSA) is 46.2 Å². The monoisotopic (exact) mass is 191 g/mol. The third-order valence-electron chi connectivity index (χ3n) is 3.36. The van der Waals surface area contributed by atoms with Gasteiger partial charge >= 0.3 is 0 Å². The summed E-state index contributed by atoms with van der Waals surface area (Å²) in [7, 11) is 0. The molecule has 2 heteroatoms. The molecule has 1 aromatic carbocycles. The van der Waals surface area contributed by atoms with Crippen LogP contribution in [0, 0.1) is 6.92 Å². The molecular weight excluding hydrogens is 174 g/mol. The van der Waals surface area contributed by atoms with E-state index in [9.17, 15) is 5.11 Å². The minimum atomic E-state index is -0.154. The molecule has 0 saturated heterocycles. The Morgan fingerprint density at radius 1 is 1.43 bits per heavy atom. The Morgan fingerprint density at radius 2 is 2.07 bits per heavy atom. The van der Waals surface area contributed by atoms with Gasteiger partial charge in [0.15, 0.2) is 0 Å². The lowest BCUT2D eigenvalue weighted by Gasteiger charge is -2.46. The molecule has 1 saturated carbocycles. The third kappa shape index (κ3) is 1.35. The zero-order chi connectivity index (χ0) is 10.2. The number of nitrogens with two attached hydrogens (primary N) is 1. The molecule has 1 aliphatic carbocycles. The largest absolute Gasteiger partial charge is 0.393 e. The quantitative estimate of drug-likeness (QED) is 0.741. The van der Waals surface area contributed by atoms with Gasteiger partial charge < -0.3 is 10.8 Å². The normalized spacial score (nSPS) is 31.2. The van der Waals surface area contributed by atoms with E-state index in [-0.39, 0.29) is 11.5 Å². The van der Waals surface area contributed by atoms with Gasteiger partial charge in [-0.1, -0.05) is 24.3 Å². The van der Waals surface area contributed by atoms with Crippen LogP contribution in [0.4, 0.5) is 0 Å². The first-order valence-corrected chi connectivity index (χ1v) is 5.12. The van der Waals surface area contributed by atoms with Crippen molar-refractivity contribution in [2.75, 3.05) is 6.54 Å². The van der Waals surface area contributed by atoms with Crippen LogP contribution in [0.25, 0.3) is 0 Å². The van der Waals surface area contributed by atoms with Gasteiger partial charge in [0.1, 0.15) is 0 Å². The molecular formula is C12H17NO. The maximum Gasteiger partial charge on any atom is 0.0558 e. The molecule has 0 unspecified atom stereocenters. The highest BCUT2D eigenvalue weighted by Crippen LogP contribution is 2.44. The van der Waals surface area contributed by atoms with Crippen molar-refractivity contribution in [1.29, 1.82) is 0 Å². The number of aryl methyl sites for hydroxylation is 1. The molecule has 0 radical (unpaired) electrons. The third-order valence-corrected chi connectivity index (χ3v) is 3.36. The van der Waals surface area contributed by atoms with E-state index in [4.69, 9.17) is 5.73 Å². The molecule has 1 aromatic rings. The SMILES string of the molecule is Cc1ccccc1C1(CN)CC(O)C1. The molecule has 0 heterocycles. The second-order valence-corrected chi connectivity index (χ2v) is 4.36. The Labute approximate surface area is 84.7 Å². The van der Waals surface area contributed by atoms with E-state index in [1.165, 1.54) is 11.1 Å². The van der Waals surface area contributed by atoms with Gasteiger partial charge in [-0.2, -0.15) is 0 Å². The first-order valence-electron chi connectivity index (χ1n) is 5.12. The standard InChI is InChI=1S/C12H17NO/c1-9-4-2-3-5-11(9)12(8-13)6-10(14)7-12/h2-5,10,14H,6-8,13H2,1H3. The lowest BCUT2D eigenvalue weighted by molar-refractivity contribution is 0.0219. The van der Waals surface area contributed by atoms with Crippen molar-refractivity contribution in [2.24, 2.45) is 5.73 Å². The predicted octanol–water partition coefficient (Wildman–Crippen LogP) is 1.35. The van der Waals surface area contributed by atoms with Crippen LogP contribution in [0.1, 0.15) is 24.0 Å². The maximum absolute atomic E-state index is 9.41. The van der Waals surface area contributed by atoms with Gasteiger partial charge in [0, 0.05) is 12.0 Å². The first kappa shape index (κ1) is 9.69. The van der Waals surface area contributed by atoms with Gasteiger partial charge in [0.25, 0.3) is 0 Å². The summed E-state index contributed by atoms with van der Waals surface area (Å²) in [6.45, 7) is 2.74. The van der Waals surface area contributed by atoms with Crippen LogP contribution in [0.15, 0.2) is 24.3 Å². The highest BCUT2D eigenvalue weighted by molar-refractivity contribution is 5.36. The number of hydrogen-bond donors (Lipinski definition) is 2. The zero-order valence-electron chi connectivity index (χ0n) is 8.53. The lowest BCUT2D eigenvalue weighted by Crippen LogP contribution is -2.50. The number of aliphatic hydroxyl groups is 1. The van der Waals surface area contributed by atoms with Crippen molar-refractivity contribution in [3.63, 3.8) is 0 Å². The fourth-order valence-electron chi connectivity index (χ4n) is 2.51. The van der Waals surface area contributed by atoms with E-state index in [1.807, 2.05) is 12.1 Å². The van der Waals surface area contributed by atoms with E-state index in [2.05, 4.69) is 19.1 Å². The van der Waals surface area contributed by atoms with Gasteiger partial charge in [-0.25, -0.2) is 0 Å². The second kappa shape index (κ2) is 3.37. The number of benzene rings is 1. The van der Waals surface area contributed by atoms with Crippen molar-refractivity contribution in [2.45, 2.75) is 31.3 Å². The molecule has 0 aliphatic heterocycles. The van der Waals surface area contributed by atoms with E-state index < -0.39 is 0 Å². The van der Waals surface area contributed by atoms with Gasteiger partial charge in [-0.3, -0.25) is 0 Å². The van der Waals surface area contributed by atoms with Gasteiger partial charge in [0.2, 0.25) is 0 Å². The fourth-order valence-corrected chi connectivity index (χ4v) is 2.51. The summed E-state index contributed by atoms with van der Waals surface area (Å²) in [5.41, 5.74) is 8.46. The van der Waals surface area contributed by atoms with Crippen LogP contribution in [-0.2, 0) is 5.41 Å². The van der Waals surface area contributed by atoms with Crippen LogP contribution >= 0.6 is 0 Å². The Balaban J connectivity index is 2.34. The van der Waals surface area contributed by atoms with Gasteiger partial charge in [-0.15, -0.1) is 0 Å². The first-order chi connectivity index (χ1) is 6.68. The average Bonchev–Trinajstić information content (AvgIpc) is 2.14. The summed E-state index contributed by atoms with van der Waals surface area (Å²) in [6, 6.07) is 8.33. The molecule has 14 heavy (non-hydrogen) atoms. The Hall–Kier alpha value is -0.860. The molecule has 2 nitrogen and oxygen atoms in total. The van der Waals surface area contributed by atoms with Crippen molar-refractivity contribution in [1.82, 2.24) is 0 Å². The Morgan fingerprint density at radius 3 is 2.57 bits per heavy atom. The summed E-state index contributed by atoms with van der Waals surface area (Å²) in [5, 5.41) is 9.41. The predicted molar refractivity (Wildman–Crippen MR) is 57.2 cm³/mol. The molecule has 3 N–H and O–H groups in total. The number of rotatable bonds is 2. The van der Waals surface area contributed by atoms with Crippen LogP contribution in [0.5, 0.6) is 0 Å². The second-order valence-electron chi connectivity index (χ2n) is 4.36. The van der Waals surface area contributed by atoms with Crippen molar-refractivity contribution >= 4 is 0 Å². The lowest BCUT2D eigenvalue weighted by atomic mass is 9.62.